The minimum Gasteiger partial charge on any atom is -0.392 e. The Morgan fingerprint density at radius 1 is 1.38 bits per heavy atom. The smallest absolute Gasteiger partial charge is 0.0690 e. The third-order valence-electron chi connectivity index (χ3n) is 2.54. The first-order valence-corrected chi connectivity index (χ1v) is 5.08. The van der Waals surface area contributed by atoms with E-state index in [1.165, 1.54) is 0 Å². The molecule has 0 aliphatic rings. The van der Waals surface area contributed by atoms with E-state index in [1.807, 2.05) is 6.92 Å². The minimum absolute atomic E-state index is 0.225. The largest absolute Gasteiger partial charge is 0.392 e. The number of hydrogen-bond acceptors (Lipinski definition) is 3. The molecule has 0 fully saturated rings. The zero-order valence-electron chi connectivity index (χ0n) is 9.29. The van der Waals surface area contributed by atoms with Gasteiger partial charge in [0.05, 0.1) is 12.7 Å². The van der Waals surface area contributed by atoms with Gasteiger partial charge in [0, 0.05) is 19.7 Å². The molecule has 0 heterocycles. The van der Waals surface area contributed by atoms with Gasteiger partial charge in [-0.15, -0.1) is 0 Å². The third-order valence-corrected chi connectivity index (χ3v) is 2.54. The van der Waals surface area contributed by atoms with Crippen LogP contribution in [0, 0.1) is 0 Å². The molecule has 2 atom stereocenters. The molecule has 3 nitrogen and oxygen atoms in total. The lowest BCUT2D eigenvalue weighted by molar-refractivity contribution is 0.0434. The van der Waals surface area contributed by atoms with E-state index in [9.17, 15) is 5.11 Å². The van der Waals surface area contributed by atoms with Gasteiger partial charge in [0.2, 0.25) is 0 Å². The van der Waals surface area contributed by atoms with Crippen molar-refractivity contribution in [3.63, 3.8) is 0 Å². The van der Waals surface area contributed by atoms with Gasteiger partial charge in [0.15, 0.2) is 0 Å². The van der Waals surface area contributed by atoms with Gasteiger partial charge in [-0.25, -0.2) is 0 Å². The van der Waals surface area contributed by atoms with E-state index < -0.39 is 0 Å². The van der Waals surface area contributed by atoms with Crippen molar-refractivity contribution in [1.29, 1.82) is 0 Å². The summed E-state index contributed by atoms with van der Waals surface area (Å²) in [5, 5.41) is 9.64. The molecule has 0 aromatic carbocycles. The highest BCUT2D eigenvalue weighted by atomic mass is 16.5. The highest BCUT2D eigenvalue weighted by molar-refractivity contribution is 4.72. The average molecular weight is 189 g/mol. The number of methoxy groups -OCH3 is 1. The standard InChI is InChI=1S/C10H23NO2/c1-5-10(12)9(3)11(6-2)7-8-13-4/h9-10,12H,5-8H2,1-4H3. The predicted molar refractivity (Wildman–Crippen MR) is 54.9 cm³/mol. The lowest BCUT2D eigenvalue weighted by Crippen LogP contribution is -2.42. The second-order valence-electron chi connectivity index (χ2n) is 3.34. The van der Waals surface area contributed by atoms with Gasteiger partial charge in [0.25, 0.3) is 0 Å². The molecule has 0 saturated carbocycles. The molecule has 13 heavy (non-hydrogen) atoms. The maximum atomic E-state index is 9.64. The number of rotatable bonds is 7. The summed E-state index contributed by atoms with van der Waals surface area (Å²) in [6, 6.07) is 0.227. The summed E-state index contributed by atoms with van der Waals surface area (Å²) in [7, 11) is 1.70. The topological polar surface area (TPSA) is 32.7 Å². The number of aliphatic hydroxyl groups excluding tert-OH is 1. The molecule has 3 heteroatoms. The monoisotopic (exact) mass is 189 g/mol. The lowest BCUT2D eigenvalue weighted by Gasteiger charge is -2.30. The van der Waals surface area contributed by atoms with E-state index in [4.69, 9.17) is 4.74 Å². The second-order valence-corrected chi connectivity index (χ2v) is 3.34. The molecule has 0 aromatic rings. The molecule has 0 saturated heterocycles. The Balaban J connectivity index is 3.90. The number of hydrogen-bond donors (Lipinski definition) is 1. The van der Waals surface area contributed by atoms with Gasteiger partial charge in [-0.05, 0) is 19.9 Å². The SMILES string of the molecule is CCC(O)C(C)N(CC)CCOC. The Kier molecular flexibility index (Phi) is 7.23. The van der Waals surface area contributed by atoms with Crippen molar-refractivity contribution in [3.05, 3.63) is 0 Å². The van der Waals surface area contributed by atoms with E-state index >= 15 is 0 Å². The summed E-state index contributed by atoms with van der Waals surface area (Å²) in [6.45, 7) is 8.76. The van der Waals surface area contributed by atoms with Gasteiger partial charge in [0.1, 0.15) is 0 Å². The van der Waals surface area contributed by atoms with Crippen molar-refractivity contribution in [1.82, 2.24) is 4.90 Å². The molecule has 0 amide bonds. The van der Waals surface area contributed by atoms with Crippen molar-refractivity contribution in [2.75, 3.05) is 26.8 Å². The first-order chi connectivity index (χ1) is 6.17. The molecular formula is C10H23NO2. The zero-order valence-corrected chi connectivity index (χ0v) is 9.29. The Morgan fingerprint density at radius 3 is 2.38 bits per heavy atom. The maximum Gasteiger partial charge on any atom is 0.0690 e. The van der Waals surface area contributed by atoms with Gasteiger partial charge in [-0.3, -0.25) is 4.90 Å². The lowest BCUT2D eigenvalue weighted by atomic mass is 10.1. The molecule has 0 bridgehead atoms. The van der Waals surface area contributed by atoms with E-state index in [0.29, 0.717) is 0 Å². The van der Waals surface area contributed by atoms with E-state index in [-0.39, 0.29) is 12.1 Å². The summed E-state index contributed by atoms with van der Waals surface area (Å²) in [4.78, 5) is 2.23. The highest BCUT2D eigenvalue weighted by Gasteiger charge is 2.18. The second kappa shape index (κ2) is 7.30. The zero-order chi connectivity index (χ0) is 10.3. The molecule has 0 spiro atoms. The summed E-state index contributed by atoms with van der Waals surface area (Å²) in [5.74, 6) is 0. The molecule has 0 aliphatic heterocycles. The molecule has 1 N–H and O–H groups in total. The molecule has 80 valence electrons. The van der Waals surface area contributed by atoms with Crippen LogP contribution in [0.3, 0.4) is 0 Å². The van der Waals surface area contributed by atoms with Crippen LogP contribution in [-0.2, 0) is 4.74 Å². The van der Waals surface area contributed by atoms with Gasteiger partial charge < -0.3 is 9.84 Å². The van der Waals surface area contributed by atoms with Crippen LogP contribution in [0.5, 0.6) is 0 Å². The van der Waals surface area contributed by atoms with Crippen molar-refractivity contribution in [2.45, 2.75) is 39.3 Å². The number of nitrogens with zero attached hydrogens (tertiary/aromatic N) is 1. The summed E-state index contributed by atoms with van der Waals surface area (Å²) in [5.41, 5.74) is 0. The summed E-state index contributed by atoms with van der Waals surface area (Å²) in [6.07, 6.45) is 0.585. The van der Waals surface area contributed by atoms with Crippen LogP contribution >= 0.6 is 0 Å². The quantitative estimate of drug-likeness (QED) is 0.651. The molecule has 0 radical (unpaired) electrons. The van der Waals surface area contributed by atoms with Crippen molar-refractivity contribution in [3.8, 4) is 0 Å². The van der Waals surface area contributed by atoms with Crippen molar-refractivity contribution < 1.29 is 9.84 Å². The highest BCUT2D eigenvalue weighted by Crippen LogP contribution is 2.06. The molecule has 0 aromatic heterocycles. The third kappa shape index (κ3) is 4.60. The van der Waals surface area contributed by atoms with Gasteiger partial charge in [-0.2, -0.15) is 0 Å². The van der Waals surface area contributed by atoms with Gasteiger partial charge in [-0.1, -0.05) is 13.8 Å². The Labute approximate surface area is 81.7 Å². The minimum atomic E-state index is -0.225. The first-order valence-electron chi connectivity index (χ1n) is 5.08. The van der Waals surface area contributed by atoms with Crippen LogP contribution in [0.4, 0.5) is 0 Å². The fourth-order valence-electron chi connectivity index (χ4n) is 1.44. The predicted octanol–water partition coefficient (Wildman–Crippen LogP) is 1.11. The molecule has 0 aliphatic carbocycles. The number of likely N-dealkylation sites (N-methyl/N-ethyl adjacent to an activating group) is 1. The average Bonchev–Trinajstić information content (AvgIpc) is 2.17. The summed E-state index contributed by atoms with van der Waals surface area (Å²) < 4.78 is 5.01. The Hall–Kier alpha value is -0.120. The van der Waals surface area contributed by atoms with E-state index in [1.54, 1.807) is 7.11 Å². The molecular weight excluding hydrogens is 166 g/mol. The Morgan fingerprint density at radius 2 is 2.00 bits per heavy atom. The number of aliphatic hydroxyl groups is 1. The van der Waals surface area contributed by atoms with Crippen LogP contribution in [0.15, 0.2) is 0 Å². The van der Waals surface area contributed by atoms with Gasteiger partial charge >= 0.3 is 0 Å². The van der Waals surface area contributed by atoms with Crippen LogP contribution < -0.4 is 0 Å². The van der Waals surface area contributed by atoms with E-state index in [2.05, 4.69) is 18.7 Å². The van der Waals surface area contributed by atoms with Crippen molar-refractivity contribution in [2.24, 2.45) is 0 Å². The summed E-state index contributed by atoms with van der Waals surface area (Å²) >= 11 is 0. The van der Waals surface area contributed by atoms with Crippen LogP contribution in [0.2, 0.25) is 0 Å². The maximum absolute atomic E-state index is 9.64. The molecule has 0 rings (SSSR count). The number of ether oxygens (including phenoxy) is 1. The van der Waals surface area contributed by atoms with E-state index in [0.717, 1.165) is 26.1 Å². The van der Waals surface area contributed by atoms with Crippen LogP contribution in [0.1, 0.15) is 27.2 Å². The Bertz CT molecular complexity index is 119. The first kappa shape index (κ1) is 12.9. The fourth-order valence-corrected chi connectivity index (χ4v) is 1.44. The normalized spacial score (nSPS) is 16.2. The van der Waals surface area contributed by atoms with Crippen molar-refractivity contribution >= 4 is 0 Å². The fraction of sp³-hybridized carbons (Fsp3) is 1.00. The van der Waals surface area contributed by atoms with Crippen LogP contribution in [0.25, 0.3) is 0 Å². The molecule has 2 unspecified atom stereocenters. The van der Waals surface area contributed by atoms with Crippen LogP contribution in [-0.4, -0.2) is 49.0 Å².